The number of carbonyl (C=O) groups is 2. The number of aromatic amines is 1. The molecular weight excluding hydrogens is 285 g/mol. The van der Waals surface area contributed by atoms with Gasteiger partial charge in [0.2, 0.25) is 0 Å². The zero-order valence-corrected chi connectivity index (χ0v) is 10.5. The number of ketones is 1. The third kappa shape index (κ3) is 2.36. The molecule has 2 heterocycles. The second-order valence-electron chi connectivity index (χ2n) is 3.17. The van der Waals surface area contributed by atoms with Crippen LogP contribution in [0.2, 0.25) is 8.67 Å². The first-order valence-electron chi connectivity index (χ1n) is 4.40. The van der Waals surface area contributed by atoms with Gasteiger partial charge in [0.1, 0.15) is 10.0 Å². The number of carboxylic acid groups (broad SMARTS) is 1. The van der Waals surface area contributed by atoms with Gasteiger partial charge in [0.05, 0.1) is 9.90 Å². The van der Waals surface area contributed by atoms with E-state index in [2.05, 4.69) is 4.98 Å². The molecule has 0 spiro atoms. The van der Waals surface area contributed by atoms with Gasteiger partial charge in [-0.25, -0.2) is 4.79 Å². The molecule has 0 fully saturated rings. The molecule has 0 unspecified atom stereocenters. The Balaban J connectivity index is 2.37. The number of carbonyl (C=O) groups excluding carboxylic acids is 1. The van der Waals surface area contributed by atoms with E-state index >= 15 is 0 Å². The normalized spacial score (nSPS) is 10.5. The third-order valence-electron chi connectivity index (χ3n) is 2.08. The molecule has 0 aliphatic carbocycles. The van der Waals surface area contributed by atoms with Gasteiger partial charge in [-0.3, -0.25) is 4.79 Å². The SMILES string of the molecule is O=C(O)c1cc(C(=O)c2cc(Cl)sc2Cl)c[nH]1. The minimum Gasteiger partial charge on any atom is -0.477 e. The fourth-order valence-electron chi connectivity index (χ4n) is 1.30. The second kappa shape index (κ2) is 4.52. The molecule has 2 N–H and O–H groups in total. The number of aromatic carboxylic acids is 1. The number of nitrogens with one attached hydrogen (secondary N) is 1. The fraction of sp³-hybridized carbons (Fsp3) is 0. The lowest BCUT2D eigenvalue weighted by molar-refractivity contribution is 0.0691. The topological polar surface area (TPSA) is 70.2 Å². The van der Waals surface area contributed by atoms with Gasteiger partial charge in [0.25, 0.3) is 0 Å². The average Bonchev–Trinajstić information content (AvgIpc) is 2.84. The predicted molar refractivity (Wildman–Crippen MR) is 65.5 cm³/mol. The van der Waals surface area contributed by atoms with Crippen molar-refractivity contribution in [2.45, 2.75) is 0 Å². The molecule has 7 heteroatoms. The van der Waals surface area contributed by atoms with Crippen LogP contribution in [0.3, 0.4) is 0 Å². The summed E-state index contributed by atoms with van der Waals surface area (Å²) in [6, 6.07) is 2.72. The van der Waals surface area contributed by atoms with Crippen molar-refractivity contribution in [3.63, 3.8) is 0 Å². The lowest BCUT2D eigenvalue weighted by Gasteiger charge is -1.93. The van der Waals surface area contributed by atoms with E-state index in [-0.39, 0.29) is 26.9 Å². The van der Waals surface area contributed by atoms with Crippen molar-refractivity contribution in [1.82, 2.24) is 4.98 Å². The summed E-state index contributed by atoms with van der Waals surface area (Å²) in [7, 11) is 0. The number of carboxylic acids is 1. The van der Waals surface area contributed by atoms with Crippen LogP contribution in [-0.2, 0) is 0 Å². The summed E-state index contributed by atoms with van der Waals surface area (Å²) in [5.41, 5.74) is 0.460. The van der Waals surface area contributed by atoms with Gasteiger partial charge in [0, 0.05) is 11.8 Å². The van der Waals surface area contributed by atoms with Crippen LogP contribution in [0.5, 0.6) is 0 Å². The minimum atomic E-state index is -1.13. The van der Waals surface area contributed by atoms with Crippen LogP contribution in [0.4, 0.5) is 0 Å². The highest BCUT2D eigenvalue weighted by Gasteiger charge is 2.18. The number of rotatable bonds is 3. The van der Waals surface area contributed by atoms with Crippen molar-refractivity contribution in [2.24, 2.45) is 0 Å². The quantitative estimate of drug-likeness (QED) is 0.852. The Morgan fingerprint density at radius 1 is 1.29 bits per heavy atom. The predicted octanol–water partition coefficient (Wildman–Crippen LogP) is 3.31. The first-order chi connectivity index (χ1) is 7.99. The number of H-pyrrole nitrogens is 1. The van der Waals surface area contributed by atoms with Gasteiger partial charge < -0.3 is 10.1 Å². The van der Waals surface area contributed by atoms with Gasteiger partial charge in [0.15, 0.2) is 5.78 Å². The highest BCUT2D eigenvalue weighted by atomic mass is 35.5. The van der Waals surface area contributed by atoms with E-state index in [1.807, 2.05) is 0 Å². The molecule has 0 aliphatic heterocycles. The number of aromatic nitrogens is 1. The average molecular weight is 290 g/mol. The molecule has 0 atom stereocenters. The highest BCUT2D eigenvalue weighted by molar-refractivity contribution is 7.20. The molecule has 2 aromatic rings. The summed E-state index contributed by atoms with van der Waals surface area (Å²) >= 11 is 12.7. The zero-order valence-electron chi connectivity index (χ0n) is 8.16. The Bertz CT molecular complexity index is 602. The lowest BCUT2D eigenvalue weighted by atomic mass is 10.1. The van der Waals surface area contributed by atoms with Gasteiger partial charge in [-0.05, 0) is 12.1 Å². The van der Waals surface area contributed by atoms with E-state index in [9.17, 15) is 9.59 Å². The Kier molecular flexibility index (Phi) is 3.24. The van der Waals surface area contributed by atoms with E-state index in [0.717, 1.165) is 11.3 Å². The maximum Gasteiger partial charge on any atom is 0.352 e. The van der Waals surface area contributed by atoms with Crippen molar-refractivity contribution in [1.29, 1.82) is 0 Å². The van der Waals surface area contributed by atoms with E-state index in [1.54, 1.807) is 0 Å². The van der Waals surface area contributed by atoms with Crippen molar-refractivity contribution >= 4 is 46.3 Å². The van der Waals surface area contributed by atoms with Crippen LogP contribution in [0.25, 0.3) is 0 Å². The number of thiophene rings is 1. The molecule has 0 amide bonds. The second-order valence-corrected chi connectivity index (χ2v) is 5.46. The Labute approximate surface area is 110 Å². The van der Waals surface area contributed by atoms with Crippen LogP contribution in [0.1, 0.15) is 26.4 Å². The van der Waals surface area contributed by atoms with Gasteiger partial charge in [-0.1, -0.05) is 23.2 Å². The van der Waals surface area contributed by atoms with E-state index < -0.39 is 5.97 Å². The van der Waals surface area contributed by atoms with Crippen LogP contribution in [-0.4, -0.2) is 21.8 Å². The molecule has 0 radical (unpaired) electrons. The highest BCUT2D eigenvalue weighted by Crippen LogP contribution is 2.32. The van der Waals surface area contributed by atoms with Crippen molar-refractivity contribution in [2.75, 3.05) is 0 Å². The van der Waals surface area contributed by atoms with Gasteiger partial charge in [-0.15, -0.1) is 11.3 Å². The first kappa shape index (κ1) is 12.2. The van der Waals surface area contributed by atoms with Crippen LogP contribution in [0.15, 0.2) is 18.3 Å². The molecule has 4 nitrogen and oxygen atoms in total. The van der Waals surface area contributed by atoms with Gasteiger partial charge >= 0.3 is 5.97 Å². The van der Waals surface area contributed by atoms with Gasteiger partial charge in [-0.2, -0.15) is 0 Å². The molecular formula is C10H5Cl2NO3S. The molecule has 2 rings (SSSR count). The standard InChI is InChI=1S/C10H5Cl2NO3S/c11-7-2-5(9(12)17-7)8(14)4-1-6(10(15)16)13-3-4/h1-3,13H,(H,15,16). The number of halogens is 2. The van der Waals surface area contributed by atoms with E-state index in [4.69, 9.17) is 28.3 Å². The first-order valence-corrected chi connectivity index (χ1v) is 5.97. The number of hydrogen-bond donors (Lipinski definition) is 2. The molecule has 17 heavy (non-hydrogen) atoms. The third-order valence-corrected chi connectivity index (χ3v) is 3.56. The Hall–Kier alpha value is -1.30. The maximum absolute atomic E-state index is 12.0. The van der Waals surface area contributed by atoms with Crippen molar-refractivity contribution in [3.8, 4) is 0 Å². The lowest BCUT2D eigenvalue weighted by Crippen LogP contribution is -1.99. The monoisotopic (exact) mass is 289 g/mol. The molecule has 2 aromatic heterocycles. The largest absolute Gasteiger partial charge is 0.477 e. The molecule has 0 aliphatic rings. The summed E-state index contributed by atoms with van der Waals surface area (Å²) in [5, 5.41) is 8.72. The van der Waals surface area contributed by atoms with Crippen LogP contribution >= 0.6 is 34.5 Å². The maximum atomic E-state index is 12.0. The summed E-state index contributed by atoms with van der Waals surface area (Å²) in [4.78, 5) is 25.1. The smallest absolute Gasteiger partial charge is 0.352 e. The number of hydrogen-bond acceptors (Lipinski definition) is 3. The Morgan fingerprint density at radius 3 is 2.47 bits per heavy atom. The summed E-state index contributed by atoms with van der Waals surface area (Å²) in [5.74, 6) is -1.49. The minimum absolute atomic E-state index is 0.0502. The van der Waals surface area contributed by atoms with E-state index in [0.29, 0.717) is 4.34 Å². The van der Waals surface area contributed by atoms with Crippen LogP contribution < -0.4 is 0 Å². The molecule has 0 bridgehead atoms. The van der Waals surface area contributed by atoms with E-state index in [1.165, 1.54) is 18.3 Å². The molecule has 0 aromatic carbocycles. The fourth-order valence-corrected chi connectivity index (χ4v) is 2.76. The molecule has 0 saturated heterocycles. The van der Waals surface area contributed by atoms with Crippen molar-refractivity contribution < 1.29 is 14.7 Å². The molecule has 88 valence electrons. The Morgan fingerprint density at radius 2 is 2.00 bits per heavy atom. The summed E-state index contributed by atoms with van der Waals surface area (Å²) in [6.45, 7) is 0. The van der Waals surface area contributed by atoms with Crippen LogP contribution in [0, 0.1) is 0 Å². The summed E-state index contributed by atoms with van der Waals surface area (Å²) < 4.78 is 0.699. The molecule has 0 saturated carbocycles. The zero-order chi connectivity index (χ0) is 12.6. The summed E-state index contributed by atoms with van der Waals surface area (Å²) in [6.07, 6.45) is 1.33. The van der Waals surface area contributed by atoms with Crippen molar-refractivity contribution in [3.05, 3.63) is 43.8 Å².